The molecule has 0 spiro atoms. The van der Waals surface area contributed by atoms with Crippen LogP contribution in [0, 0.1) is 12.8 Å². The van der Waals surface area contributed by atoms with Crippen molar-refractivity contribution in [3.05, 3.63) is 29.8 Å². The molecule has 2 unspecified atom stereocenters. The molecule has 1 fully saturated rings. The number of aryl methyl sites for hydroxylation is 1. The molecule has 9 nitrogen and oxygen atoms in total. The molecule has 0 N–H and O–H groups in total. The molecule has 2 atom stereocenters. The van der Waals surface area contributed by atoms with E-state index in [2.05, 4.69) is 3.63 Å². The molecule has 0 aliphatic heterocycles. The molecule has 1 aliphatic carbocycles. The van der Waals surface area contributed by atoms with Crippen molar-refractivity contribution in [2.75, 3.05) is 0 Å². The number of hydrogen-bond acceptors (Lipinski definition) is 8. The third-order valence-electron chi connectivity index (χ3n) is 5.62. The second kappa shape index (κ2) is 10.3. The van der Waals surface area contributed by atoms with E-state index in [1.165, 1.54) is 6.92 Å². The van der Waals surface area contributed by atoms with Crippen LogP contribution in [-0.2, 0) is 38.4 Å². The zero-order valence-corrected chi connectivity index (χ0v) is 20.8. The minimum atomic E-state index is -7.06. The lowest BCUT2D eigenvalue weighted by atomic mass is 9.67. The summed E-state index contributed by atoms with van der Waals surface area (Å²) >= 11 is 0. The van der Waals surface area contributed by atoms with Gasteiger partial charge in [0.1, 0.15) is 5.54 Å². The predicted octanol–water partition coefficient (Wildman–Crippen LogP) is 3.53. The third-order valence-corrected chi connectivity index (χ3v) is 8.81. The topological polar surface area (TPSA) is 132 Å². The SMILES string of the molecule is Cc1ccc(S(=O)(=O)OS(=O)(=O)N(C(=O)C(F)(F)F)C2(C(=O)C(F)(F)F)CCCCC2C(=O)C(F)(F)F)cc1. The number of ketones is 2. The van der Waals surface area contributed by atoms with E-state index in [0.29, 0.717) is 17.7 Å². The minimum absolute atomic E-state index is 0.358. The summed E-state index contributed by atoms with van der Waals surface area (Å²) in [5, 5.41) is 0. The Hall–Kier alpha value is -2.74. The Morgan fingerprint density at radius 3 is 1.79 bits per heavy atom. The van der Waals surface area contributed by atoms with E-state index >= 15 is 0 Å². The summed E-state index contributed by atoms with van der Waals surface area (Å²) in [6.45, 7) is 1.41. The van der Waals surface area contributed by atoms with Gasteiger partial charge in [-0.05, 0) is 31.9 Å². The Labute approximate surface area is 214 Å². The second-order valence-electron chi connectivity index (χ2n) is 8.27. The quantitative estimate of drug-likeness (QED) is 0.423. The predicted molar refractivity (Wildman–Crippen MR) is 108 cm³/mol. The highest BCUT2D eigenvalue weighted by atomic mass is 32.3. The highest BCUT2D eigenvalue weighted by Gasteiger charge is 2.70. The van der Waals surface area contributed by atoms with Gasteiger partial charge >= 0.3 is 44.9 Å². The molecule has 0 saturated heterocycles. The highest BCUT2D eigenvalue weighted by molar-refractivity contribution is 7.99. The first-order valence-electron chi connectivity index (χ1n) is 10.3. The van der Waals surface area contributed by atoms with Crippen molar-refractivity contribution in [1.82, 2.24) is 4.31 Å². The average Bonchev–Trinajstić information content (AvgIpc) is 2.75. The Morgan fingerprint density at radius 2 is 1.36 bits per heavy atom. The molecule has 39 heavy (non-hydrogen) atoms. The molecule has 0 heterocycles. The summed E-state index contributed by atoms with van der Waals surface area (Å²) in [6, 6.07) is 3.33. The fraction of sp³-hybridized carbons (Fsp3) is 0.526. The second-order valence-corrected chi connectivity index (χ2v) is 11.4. The summed E-state index contributed by atoms with van der Waals surface area (Å²) in [6.07, 6.45) is -23.8. The fourth-order valence-corrected chi connectivity index (χ4v) is 6.98. The zero-order chi connectivity index (χ0) is 30.4. The van der Waals surface area contributed by atoms with E-state index in [0.717, 1.165) is 12.1 Å². The average molecular weight is 621 g/mol. The Bertz CT molecular complexity index is 1350. The Kier molecular flexibility index (Phi) is 8.61. The molecular weight excluding hydrogens is 605 g/mol. The largest absolute Gasteiger partial charge is 0.472 e. The molecule has 0 radical (unpaired) electrons. The van der Waals surface area contributed by atoms with Crippen LogP contribution in [0.25, 0.3) is 0 Å². The molecule has 0 aromatic heterocycles. The van der Waals surface area contributed by atoms with Crippen molar-refractivity contribution >= 4 is 37.9 Å². The number of halogens is 9. The molecule has 20 heteroatoms. The van der Waals surface area contributed by atoms with Crippen LogP contribution in [0.3, 0.4) is 0 Å². The van der Waals surface area contributed by atoms with Crippen LogP contribution >= 0.6 is 0 Å². The normalized spacial score (nSPS) is 21.3. The lowest BCUT2D eigenvalue weighted by Gasteiger charge is -2.47. The van der Waals surface area contributed by atoms with Crippen LogP contribution in [0.1, 0.15) is 31.2 Å². The van der Waals surface area contributed by atoms with Crippen molar-refractivity contribution in [2.45, 2.75) is 61.6 Å². The van der Waals surface area contributed by atoms with Crippen LogP contribution in [-0.4, -0.2) is 62.7 Å². The van der Waals surface area contributed by atoms with Gasteiger partial charge in [0, 0.05) is 0 Å². The summed E-state index contributed by atoms with van der Waals surface area (Å²) in [7, 11) is -12.9. The molecule has 1 aromatic carbocycles. The van der Waals surface area contributed by atoms with Crippen molar-refractivity contribution in [1.29, 1.82) is 0 Å². The molecular formula is C19H16F9NO8S2. The van der Waals surface area contributed by atoms with Gasteiger partial charge in [0.05, 0.1) is 10.8 Å². The summed E-state index contributed by atoms with van der Waals surface area (Å²) in [5.74, 6) is -14.3. The number of rotatable bonds is 7. The van der Waals surface area contributed by atoms with Gasteiger partial charge in [0.2, 0.25) is 5.78 Å². The summed E-state index contributed by atoms with van der Waals surface area (Å²) in [5.41, 5.74) is -4.38. The van der Waals surface area contributed by atoms with Crippen molar-refractivity contribution in [2.24, 2.45) is 5.92 Å². The van der Waals surface area contributed by atoms with Crippen LogP contribution in [0.2, 0.25) is 0 Å². The molecule has 1 aromatic rings. The fourth-order valence-electron chi connectivity index (χ4n) is 4.04. The van der Waals surface area contributed by atoms with E-state index in [1.54, 1.807) is 0 Å². The van der Waals surface area contributed by atoms with Crippen molar-refractivity contribution in [3.63, 3.8) is 0 Å². The van der Waals surface area contributed by atoms with Gasteiger partial charge in [-0.1, -0.05) is 30.5 Å². The maximum absolute atomic E-state index is 13.6. The molecule has 0 bridgehead atoms. The van der Waals surface area contributed by atoms with Crippen LogP contribution in [0.15, 0.2) is 29.2 Å². The monoisotopic (exact) mass is 621 g/mol. The van der Waals surface area contributed by atoms with Gasteiger partial charge in [0.15, 0.2) is 0 Å². The first-order chi connectivity index (χ1) is 17.4. The van der Waals surface area contributed by atoms with Crippen LogP contribution < -0.4 is 0 Å². The molecule has 1 amide bonds. The molecule has 2 rings (SSSR count). The molecule has 1 aliphatic rings. The number of benzene rings is 1. The number of amides is 1. The standard InChI is InChI=1S/C19H16F9NO8S2/c1-10-5-7-11(8-6-10)38(33,34)37-39(35,36)29(15(32)19(26,27)28)16(14(31)18(23,24)25)9-3-2-4-12(16)13(30)17(20,21)22/h5-8,12H,2-4,9H2,1H3. The Balaban J connectivity index is 2.95. The van der Waals surface area contributed by atoms with Crippen LogP contribution in [0.5, 0.6) is 0 Å². The van der Waals surface area contributed by atoms with E-state index in [9.17, 15) is 70.7 Å². The number of Topliss-reactive ketones (excluding diaryl/α,β-unsaturated/α-hetero) is 2. The number of carbonyl (C=O) groups excluding carboxylic acids is 3. The van der Waals surface area contributed by atoms with E-state index in [1.807, 2.05) is 0 Å². The van der Waals surface area contributed by atoms with Gasteiger partial charge in [-0.3, -0.25) is 14.4 Å². The third kappa shape index (κ3) is 6.53. The van der Waals surface area contributed by atoms with Gasteiger partial charge in [-0.25, -0.2) is 0 Å². The highest BCUT2D eigenvalue weighted by Crippen LogP contribution is 2.48. The van der Waals surface area contributed by atoms with E-state index < -0.39 is 103 Å². The van der Waals surface area contributed by atoms with E-state index in [4.69, 9.17) is 0 Å². The number of hydrogen-bond donors (Lipinski definition) is 0. The summed E-state index contributed by atoms with van der Waals surface area (Å²) in [4.78, 5) is 35.7. The summed E-state index contributed by atoms with van der Waals surface area (Å²) < 4.78 is 174. The number of alkyl halides is 9. The zero-order valence-electron chi connectivity index (χ0n) is 19.1. The van der Waals surface area contributed by atoms with Gasteiger partial charge < -0.3 is 0 Å². The molecule has 1 saturated carbocycles. The van der Waals surface area contributed by atoms with Gasteiger partial charge in [-0.2, -0.15) is 60.7 Å². The van der Waals surface area contributed by atoms with Gasteiger partial charge in [0.25, 0.3) is 5.78 Å². The van der Waals surface area contributed by atoms with E-state index in [-0.39, 0.29) is 0 Å². The van der Waals surface area contributed by atoms with Crippen molar-refractivity contribution in [3.8, 4) is 0 Å². The number of nitrogens with zero attached hydrogens (tertiary/aromatic N) is 1. The minimum Gasteiger partial charge on any atom is -0.289 e. The molecule has 220 valence electrons. The van der Waals surface area contributed by atoms with Crippen molar-refractivity contribution < 1.29 is 74.4 Å². The van der Waals surface area contributed by atoms with Gasteiger partial charge in [-0.15, -0.1) is 3.63 Å². The number of carbonyl (C=O) groups is 3. The maximum Gasteiger partial charge on any atom is 0.472 e. The lowest BCUT2D eigenvalue weighted by Crippen LogP contribution is -2.70. The first-order valence-corrected chi connectivity index (χ1v) is 13.1. The Morgan fingerprint density at radius 1 is 0.846 bits per heavy atom. The smallest absolute Gasteiger partial charge is 0.289 e. The lowest BCUT2D eigenvalue weighted by molar-refractivity contribution is -0.205. The maximum atomic E-state index is 13.6. The van der Waals surface area contributed by atoms with Crippen LogP contribution in [0.4, 0.5) is 39.5 Å². The first kappa shape index (κ1) is 32.5.